The van der Waals surface area contributed by atoms with E-state index < -0.39 is 11.5 Å². The zero-order valence-corrected chi connectivity index (χ0v) is 8.40. The number of nitrogens with one attached hydrogen (secondary N) is 1. The van der Waals surface area contributed by atoms with Gasteiger partial charge in [-0.15, -0.1) is 0 Å². The molecule has 0 amide bonds. The lowest BCUT2D eigenvalue weighted by Crippen LogP contribution is -2.53. The molecule has 0 aliphatic carbocycles. The van der Waals surface area contributed by atoms with Crippen molar-refractivity contribution in [1.82, 2.24) is 5.32 Å². The third kappa shape index (κ3) is 1.46. The van der Waals surface area contributed by atoms with Crippen LogP contribution in [0.15, 0.2) is 0 Å². The number of carbonyl (C=O) groups is 1. The number of rotatable bonds is 2. The van der Waals surface area contributed by atoms with Gasteiger partial charge in [-0.1, -0.05) is 0 Å². The molecule has 0 radical (unpaired) electrons. The largest absolute Gasteiger partial charge is 0.480 e. The Hall–Kier alpha value is -0.220. The Balaban J connectivity index is 2.16. The molecule has 2 rings (SSSR count). The summed E-state index contributed by atoms with van der Waals surface area (Å²) in [5, 5.41) is 12.5. The summed E-state index contributed by atoms with van der Waals surface area (Å²) in [7, 11) is 0. The van der Waals surface area contributed by atoms with Crippen molar-refractivity contribution in [3.63, 3.8) is 0 Å². The van der Waals surface area contributed by atoms with E-state index in [2.05, 4.69) is 5.32 Å². The van der Waals surface area contributed by atoms with E-state index in [-0.39, 0.29) is 0 Å². The van der Waals surface area contributed by atoms with Gasteiger partial charge < -0.3 is 10.4 Å². The number of hydrogen-bond acceptors (Lipinski definition) is 3. The molecule has 2 fully saturated rings. The maximum absolute atomic E-state index is 11.2. The maximum atomic E-state index is 11.2. The van der Waals surface area contributed by atoms with E-state index in [0.717, 1.165) is 37.3 Å². The summed E-state index contributed by atoms with van der Waals surface area (Å²) in [5.41, 5.74) is -0.580. The number of aliphatic carboxylic acids is 1. The molecule has 13 heavy (non-hydrogen) atoms. The van der Waals surface area contributed by atoms with Crippen molar-refractivity contribution in [1.29, 1.82) is 0 Å². The smallest absolute Gasteiger partial charge is 0.324 e. The molecule has 2 N–H and O–H groups in total. The standard InChI is InChI=1S/C9H15NO2S/c11-8(12)9(3-1-4-10-9)7-2-5-13-6-7/h7,10H,1-6H2,(H,11,12). The Labute approximate surface area is 82.3 Å². The lowest BCUT2D eigenvalue weighted by atomic mass is 9.82. The molecule has 0 aromatic heterocycles. The van der Waals surface area contributed by atoms with E-state index in [9.17, 15) is 9.90 Å². The summed E-state index contributed by atoms with van der Waals surface area (Å²) >= 11 is 1.88. The van der Waals surface area contributed by atoms with Gasteiger partial charge in [0.2, 0.25) is 0 Å². The Morgan fingerprint density at radius 3 is 2.92 bits per heavy atom. The molecule has 2 saturated heterocycles. The zero-order valence-electron chi connectivity index (χ0n) is 7.58. The Morgan fingerprint density at radius 2 is 2.46 bits per heavy atom. The summed E-state index contributed by atoms with van der Waals surface area (Å²) in [6.45, 7) is 0.869. The van der Waals surface area contributed by atoms with E-state index in [1.807, 2.05) is 11.8 Å². The molecule has 0 aromatic carbocycles. The molecule has 0 spiro atoms. The van der Waals surface area contributed by atoms with Crippen LogP contribution in [0.2, 0.25) is 0 Å². The Kier molecular flexibility index (Phi) is 2.51. The van der Waals surface area contributed by atoms with Crippen molar-refractivity contribution in [2.75, 3.05) is 18.1 Å². The van der Waals surface area contributed by atoms with Crippen LogP contribution in [0.1, 0.15) is 19.3 Å². The predicted molar refractivity (Wildman–Crippen MR) is 53.0 cm³/mol. The van der Waals surface area contributed by atoms with E-state index in [4.69, 9.17) is 0 Å². The third-order valence-electron chi connectivity index (χ3n) is 3.20. The first-order chi connectivity index (χ1) is 6.26. The van der Waals surface area contributed by atoms with E-state index in [1.165, 1.54) is 0 Å². The van der Waals surface area contributed by atoms with Gasteiger partial charge in [-0.25, -0.2) is 0 Å². The number of thioether (sulfide) groups is 1. The van der Waals surface area contributed by atoms with Gasteiger partial charge in [0.15, 0.2) is 0 Å². The zero-order chi connectivity index (χ0) is 9.31. The van der Waals surface area contributed by atoms with Gasteiger partial charge in [0.05, 0.1) is 0 Å². The van der Waals surface area contributed by atoms with Gasteiger partial charge in [-0.05, 0) is 43.2 Å². The van der Waals surface area contributed by atoms with Crippen molar-refractivity contribution in [3.8, 4) is 0 Å². The van der Waals surface area contributed by atoms with Crippen LogP contribution in [0.5, 0.6) is 0 Å². The quantitative estimate of drug-likeness (QED) is 0.698. The first kappa shape index (κ1) is 9.34. The van der Waals surface area contributed by atoms with Crippen LogP contribution in [-0.2, 0) is 4.79 Å². The Bertz CT molecular complexity index is 208. The molecule has 2 atom stereocenters. The van der Waals surface area contributed by atoms with Crippen LogP contribution in [0.4, 0.5) is 0 Å². The van der Waals surface area contributed by atoms with Crippen molar-refractivity contribution in [2.24, 2.45) is 5.92 Å². The molecule has 2 aliphatic rings. The fourth-order valence-electron chi connectivity index (χ4n) is 2.40. The summed E-state index contributed by atoms with van der Waals surface area (Å²) in [6, 6.07) is 0. The van der Waals surface area contributed by atoms with E-state index in [0.29, 0.717) is 5.92 Å². The maximum Gasteiger partial charge on any atom is 0.324 e. The van der Waals surface area contributed by atoms with Crippen LogP contribution >= 0.6 is 11.8 Å². The van der Waals surface area contributed by atoms with Crippen LogP contribution in [0.3, 0.4) is 0 Å². The predicted octanol–water partition coefficient (Wildman–Crippen LogP) is 0.946. The van der Waals surface area contributed by atoms with Crippen molar-refractivity contribution < 1.29 is 9.90 Å². The topological polar surface area (TPSA) is 49.3 Å². The van der Waals surface area contributed by atoms with Gasteiger partial charge in [0.1, 0.15) is 5.54 Å². The molecule has 4 heteroatoms. The second kappa shape index (κ2) is 3.50. The molecule has 0 bridgehead atoms. The van der Waals surface area contributed by atoms with Gasteiger partial charge in [0.25, 0.3) is 0 Å². The molecule has 3 nitrogen and oxygen atoms in total. The molecule has 74 valence electrons. The van der Waals surface area contributed by atoms with Gasteiger partial charge in [-0.3, -0.25) is 4.79 Å². The second-order valence-corrected chi connectivity index (χ2v) is 5.02. The average molecular weight is 201 g/mol. The summed E-state index contributed by atoms with van der Waals surface area (Å²) < 4.78 is 0. The van der Waals surface area contributed by atoms with E-state index in [1.54, 1.807) is 0 Å². The highest BCUT2D eigenvalue weighted by Crippen LogP contribution is 2.37. The molecule has 0 saturated carbocycles. The molecule has 2 aliphatic heterocycles. The highest BCUT2D eigenvalue weighted by atomic mass is 32.2. The normalized spacial score (nSPS) is 39.5. The molecular formula is C9H15NO2S. The van der Waals surface area contributed by atoms with Crippen molar-refractivity contribution >= 4 is 17.7 Å². The van der Waals surface area contributed by atoms with E-state index >= 15 is 0 Å². The van der Waals surface area contributed by atoms with Crippen molar-refractivity contribution in [3.05, 3.63) is 0 Å². The number of hydrogen-bond donors (Lipinski definition) is 2. The SMILES string of the molecule is O=C(O)C1(C2CCSC2)CCCN1. The lowest BCUT2D eigenvalue weighted by molar-refractivity contribution is -0.146. The summed E-state index contributed by atoms with van der Waals surface area (Å²) in [4.78, 5) is 11.2. The average Bonchev–Trinajstić information content (AvgIpc) is 2.75. The van der Waals surface area contributed by atoms with Crippen LogP contribution in [0.25, 0.3) is 0 Å². The van der Waals surface area contributed by atoms with Gasteiger partial charge in [0, 0.05) is 0 Å². The van der Waals surface area contributed by atoms with Gasteiger partial charge >= 0.3 is 5.97 Å². The minimum Gasteiger partial charge on any atom is -0.480 e. The Morgan fingerprint density at radius 1 is 1.62 bits per heavy atom. The highest BCUT2D eigenvalue weighted by molar-refractivity contribution is 7.99. The minimum atomic E-state index is -0.641. The summed E-state index contributed by atoms with van der Waals surface area (Å²) in [5.74, 6) is 1.84. The minimum absolute atomic E-state index is 0.345. The summed E-state index contributed by atoms with van der Waals surface area (Å²) in [6.07, 6.45) is 2.88. The first-order valence-electron chi connectivity index (χ1n) is 4.82. The van der Waals surface area contributed by atoms with Crippen LogP contribution in [-0.4, -0.2) is 34.7 Å². The molecule has 2 heterocycles. The molecule has 2 unspecified atom stereocenters. The molecular weight excluding hydrogens is 186 g/mol. The fourth-order valence-corrected chi connectivity index (χ4v) is 3.75. The highest BCUT2D eigenvalue weighted by Gasteiger charge is 2.48. The van der Waals surface area contributed by atoms with Crippen LogP contribution < -0.4 is 5.32 Å². The second-order valence-electron chi connectivity index (χ2n) is 3.87. The third-order valence-corrected chi connectivity index (χ3v) is 4.36. The number of carboxylic acid groups (broad SMARTS) is 1. The lowest BCUT2D eigenvalue weighted by Gasteiger charge is -2.30. The fraction of sp³-hybridized carbons (Fsp3) is 0.889. The van der Waals surface area contributed by atoms with Crippen LogP contribution in [0, 0.1) is 5.92 Å². The number of carboxylic acids is 1. The van der Waals surface area contributed by atoms with Crippen molar-refractivity contribution in [2.45, 2.75) is 24.8 Å². The molecule has 0 aromatic rings. The first-order valence-corrected chi connectivity index (χ1v) is 5.97. The van der Waals surface area contributed by atoms with Gasteiger partial charge in [-0.2, -0.15) is 11.8 Å². The monoisotopic (exact) mass is 201 g/mol.